The van der Waals surface area contributed by atoms with Gasteiger partial charge in [0.25, 0.3) is 0 Å². The fraction of sp³-hybridized carbons (Fsp3) is 0.0645. The number of rotatable bonds is 4. The van der Waals surface area contributed by atoms with Gasteiger partial charge in [0, 0.05) is 47.5 Å². The molecule has 0 amide bonds. The zero-order valence-corrected chi connectivity index (χ0v) is 19.9. The quantitative estimate of drug-likeness (QED) is 0.268. The summed E-state index contributed by atoms with van der Waals surface area (Å²) in [6.07, 6.45) is 1.74. The summed E-state index contributed by atoms with van der Waals surface area (Å²) in [7, 11) is 2.14. The first-order valence-corrected chi connectivity index (χ1v) is 12.1. The van der Waals surface area contributed by atoms with Crippen molar-refractivity contribution in [3.63, 3.8) is 0 Å². The van der Waals surface area contributed by atoms with Crippen LogP contribution >= 0.6 is 0 Å². The second kappa shape index (κ2) is 8.17. The Morgan fingerprint density at radius 2 is 1.47 bits per heavy atom. The van der Waals surface area contributed by atoms with Crippen molar-refractivity contribution >= 4 is 38.9 Å². The number of hydrogen-bond acceptors (Lipinski definition) is 4. The molecule has 0 N–H and O–H groups in total. The molecular formula is C31H24N4O. The van der Waals surface area contributed by atoms with Crippen LogP contribution in [0.5, 0.6) is 11.6 Å². The maximum absolute atomic E-state index is 6.06. The van der Waals surface area contributed by atoms with Crippen LogP contribution in [-0.2, 0) is 0 Å². The Bertz CT molecular complexity index is 1720. The lowest BCUT2D eigenvalue weighted by Crippen LogP contribution is -2.23. The van der Waals surface area contributed by atoms with Gasteiger partial charge < -0.3 is 19.1 Å². The van der Waals surface area contributed by atoms with Gasteiger partial charge in [-0.1, -0.05) is 48.5 Å². The minimum atomic E-state index is 0.580. The highest BCUT2D eigenvalue weighted by Gasteiger charge is 2.24. The zero-order chi connectivity index (χ0) is 24.1. The van der Waals surface area contributed by atoms with Gasteiger partial charge in [0.2, 0.25) is 5.88 Å². The average molecular weight is 469 g/mol. The summed E-state index contributed by atoms with van der Waals surface area (Å²) >= 11 is 0. The van der Waals surface area contributed by atoms with Crippen molar-refractivity contribution in [3.05, 3.63) is 115 Å². The summed E-state index contributed by atoms with van der Waals surface area (Å²) in [6.45, 7) is 0.818. The maximum atomic E-state index is 6.06. The molecule has 0 saturated carbocycles. The Balaban J connectivity index is 1.39. The topological polar surface area (TPSA) is 33.5 Å². The fourth-order valence-electron chi connectivity index (χ4n) is 5.22. The zero-order valence-electron chi connectivity index (χ0n) is 19.9. The van der Waals surface area contributed by atoms with E-state index < -0.39 is 0 Å². The van der Waals surface area contributed by atoms with Crippen molar-refractivity contribution in [1.29, 1.82) is 0 Å². The van der Waals surface area contributed by atoms with Crippen LogP contribution in [-0.4, -0.2) is 23.3 Å². The highest BCUT2D eigenvalue weighted by Crippen LogP contribution is 2.42. The Morgan fingerprint density at radius 1 is 0.667 bits per heavy atom. The molecule has 6 aromatic rings. The van der Waals surface area contributed by atoms with Gasteiger partial charge in [-0.05, 0) is 48.5 Å². The van der Waals surface area contributed by atoms with Crippen LogP contribution in [0.25, 0.3) is 27.5 Å². The van der Waals surface area contributed by atoms with E-state index in [4.69, 9.17) is 4.74 Å². The molecule has 0 fully saturated rings. The monoisotopic (exact) mass is 468 g/mol. The summed E-state index contributed by atoms with van der Waals surface area (Å²) in [6, 6.07) is 37.8. The van der Waals surface area contributed by atoms with Gasteiger partial charge in [-0.2, -0.15) is 0 Å². The van der Waals surface area contributed by atoms with E-state index in [1.165, 1.54) is 33.4 Å². The molecule has 7 rings (SSSR count). The van der Waals surface area contributed by atoms with Crippen molar-refractivity contribution in [3.8, 4) is 17.3 Å². The van der Waals surface area contributed by atoms with E-state index in [-0.39, 0.29) is 0 Å². The van der Waals surface area contributed by atoms with Crippen molar-refractivity contribution in [2.45, 2.75) is 0 Å². The molecule has 5 nitrogen and oxygen atoms in total. The first-order valence-electron chi connectivity index (χ1n) is 12.1. The molecular weight excluding hydrogens is 444 g/mol. The summed E-state index contributed by atoms with van der Waals surface area (Å²) in [5.41, 5.74) is 7.02. The number of benzene rings is 4. The molecule has 1 aliphatic rings. The molecule has 174 valence electrons. The SMILES string of the molecule is CN1CN(c2ccc3c4ccccc4n(-c4cccc(Oc5ccccn5)c4)c3c2)c2ccccc21. The lowest BCUT2D eigenvalue weighted by atomic mass is 10.1. The predicted molar refractivity (Wildman–Crippen MR) is 147 cm³/mol. The molecule has 0 atom stereocenters. The highest BCUT2D eigenvalue weighted by atomic mass is 16.5. The fourth-order valence-corrected chi connectivity index (χ4v) is 5.22. The number of ether oxygens (including phenoxy) is 1. The van der Waals surface area contributed by atoms with Crippen LogP contribution in [0.4, 0.5) is 17.1 Å². The highest BCUT2D eigenvalue weighted by molar-refractivity contribution is 6.10. The molecule has 2 aromatic heterocycles. The predicted octanol–water partition coefficient (Wildman–Crippen LogP) is 7.52. The van der Waals surface area contributed by atoms with Gasteiger partial charge in [-0.25, -0.2) is 4.98 Å². The Morgan fingerprint density at radius 3 is 2.36 bits per heavy atom. The van der Waals surface area contributed by atoms with Crippen molar-refractivity contribution in [1.82, 2.24) is 9.55 Å². The molecule has 0 spiro atoms. The maximum Gasteiger partial charge on any atom is 0.219 e. The van der Waals surface area contributed by atoms with Crippen LogP contribution in [0, 0.1) is 0 Å². The van der Waals surface area contributed by atoms with E-state index in [0.29, 0.717) is 5.88 Å². The Kier molecular flexibility index (Phi) is 4.67. The van der Waals surface area contributed by atoms with Crippen LogP contribution in [0.2, 0.25) is 0 Å². The molecule has 36 heavy (non-hydrogen) atoms. The molecule has 0 radical (unpaired) electrons. The van der Waals surface area contributed by atoms with E-state index in [1.807, 2.05) is 30.3 Å². The van der Waals surface area contributed by atoms with Crippen LogP contribution in [0.1, 0.15) is 0 Å². The molecule has 3 heterocycles. The van der Waals surface area contributed by atoms with Gasteiger partial charge in [-0.3, -0.25) is 0 Å². The molecule has 5 heteroatoms. The van der Waals surface area contributed by atoms with Crippen molar-refractivity contribution < 1.29 is 4.74 Å². The van der Waals surface area contributed by atoms with E-state index >= 15 is 0 Å². The normalized spacial score (nSPS) is 12.9. The Labute approximate surface area is 209 Å². The number of fused-ring (bicyclic) bond motifs is 4. The Hall–Kier alpha value is -4.77. The summed E-state index contributed by atoms with van der Waals surface area (Å²) in [4.78, 5) is 8.97. The first-order chi connectivity index (χ1) is 17.8. The lowest BCUT2D eigenvalue weighted by molar-refractivity contribution is 0.463. The number of hydrogen-bond donors (Lipinski definition) is 0. The van der Waals surface area contributed by atoms with Gasteiger partial charge in [0.1, 0.15) is 5.75 Å². The summed E-state index contributed by atoms with van der Waals surface area (Å²) in [5.74, 6) is 1.33. The van der Waals surface area contributed by atoms with E-state index in [1.54, 1.807) is 6.20 Å². The minimum absolute atomic E-state index is 0.580. The van der Waals surface area contributed by atoms with Crippen molar-refractivity contribution in [2.75, 3.05) is 23.5 Å². The third-order valence-corrected chi connectivity index (χ3v) is 6.84. The van der Waals surface area contributed by atoms with Gasteiger partial charge in [0.05, 0.1) is 29.1 Å². The van der Waals surface area contributed by atoms with Crippen LogP contribution < -0.4 is 14.5 Å². The lowest BCUT2D eigenvalue weighted by Gasteiger charge is -2.20. The molecule has 0 bridgehead atoms. The van der Waals surface area contributed by atoms with Crippen LogP contribution in [0.3, 0.4) is 0 Å². The second-order valence-corrected chi connectivity index (χ2v) is 9.08. The molecule has 0 saturated heterocycles. The average Bonchev–Trinajstić information content (AvgIpc) is 3.44. The smallest absolute Gasteiger partial charge is 0.219 e. The van der Waals surface area contributed by atoms with E-state index in [9.17, 15) is 0 Å². The largest absolute Gasteiger partial charge is 0.439 e. The van der Waals surface area contributed by atoms with Crippen molar-refractivity contribution in [2.24, 2.45) is 0 Å². The third kappa shape index (κ3) is 3.28. The number of nitrogens with zero attached hydrogens (tertiary/aromatic N) is 4. The third-order valence-electron chi connectivity index (χ3n) is 6.84. The molecule has 1 aliphatic heterocycles. The number of pyridine rings is 1. The van der Waals surface area contributed by atoms with Gasteiger partial charge >= 0.3 is 0 Å². The van der Waals surface area contributed by atoms with E-state index in [2.05, 4.69) is 105 Å². The molecule has 4 aromatic carbocycles. The van der Waals surface area contributed by atoms with Gasteiger partial charge in [0.15, 0.2) is 0 Å². The van der Waals surface area contributed by atoms with E-state index in [0.717, 1.165) is 23.6 Å². The second-order valence-electron chi connectivity index (χ2n) is 9.08. The number of para-hydroxylation sites is 3. The first kappa shape index (κ1) is 20.6. The standard InChI is InChI=1S/C31H24N4O/c1-33-21-34(29-14-5-4-13-28(29)33)22-16-17-26-25-11-2-3-12-27(25)35(30(26)20-22)23-9-8-10-24(19-23)36-31-15-6-7-18-32-31/h2-20H,21H2,1H3. The number of aromatic nitrogens is 2. The van der Waals surface area contributed by atoms with Gasteiger partial charge in [-0.15, -0.1) is 0 Å². The number of anilines is 3. The summed E-state index contributed by atoms with van der Waals surface area (Å²) < 4.78 is 8.38. The summed E-state index contributed by atoms with van der Waals surface area (Å²) in [5, 5.41) is 2.46. The molecule has 0 aliphatic carbocycles. The molecule has 0 unspecified atom stereocenters. The minimum Gasteiger partial charge on any atom is -0.439 e. The van der Waals surface area contributed by atoms with Crippen LogP contribution in [0.15, 0.2) is 115 Å².